The smallest absolute Gasteiger partial charge is 0.172 e. The molecular weight excluding hydrogens is 206 g/mol. The molecule has 1 aliphatic rings. The first-order valence-electron chi connectivity index (χ1n) is 5.73. The fourth-order valence-corrected chi connectivity index (χ4v) is 1.39. The van der Waals surface area contributed by atoms with Crippen molar-refractivity contribution in [1.29, 1.82) is 0 Å². The molecule has 92 valence electrons. The molecule has 0 N–H and O–H groups in total. The number of hydrogen-bond acceptors (Lipinski definition) is 4. The number of ether oxygens (including phenoxy) is 2. The number of carbonyl (C=O) groups excluding carboxylic acids is 1. The van der Waals surface area contributed by atoms with Gasteiger partial charge in [0, 0.05) is 19.0 Å². The Hall–Kier alpha value is -0.870. The molecule has 0 saturated carbocycles. The summed E-state index contributed by atoms with van der Waals surface area (Å²) in [6, 6.07) is 0. The SMILES string of the molecule is C=C(CN1CCOCC1)OCC(=O)C(C)C. The number of hydrogen-bond donors (Lipinski definition) is 0. The number of morpholine rings is 1. The third-order valence-electron chi connectivity index (χ3n) is 2.57. The molecule has 0 aliphatic carbocycles. The Morgan fingerprint density at radius 3 is 2.62 bits per heavy atom. The molecule has 0 amide bonds. The van der Waals surface area contributed by atoms with E-state index >= 15 is 0 Å². The van der Waals surface area contributed by atoms with Crippen LogP contribution in [0.15, 0.2) is 12.3 Å². The van der Waals surface area contributed by atoms with Gasteiger partial charge in [0.05, 0.1) is 19.8 Å². The Balaban J connectivity index is 2.17. The number of ketones is 1. The summed E-state index contributed by atoms with van der Waals surface area (Å²) in [4.78, 5) is 13.6. The van der Waals surface area contributed by atoms with Crippen molar-refractivity contribution < 1.29 is 14.3 Å². The zero-order valence-electron chi connectivity index (χ0n) is 10.2. The lowest BCUT2D eigenvalue weighted by molar-refractivity contribution is -0.125. The van der Waals surface area contributed by atoms with Crippen LogP contribution >= 0.6 is 0 Å². The fraction of sp³-hybridized carbons (Fsp3) is 0.750. The Kier molecular flexibility index (Phi) is 5.49. The molecule has 0 aromatic carbocycles. The van der Waals surface area contributed by atoms with Crippen molar-refractivity contribution in [3.8, 4) is 0 Å². The predicted molar refractivity (Wildman–Crippen MR) is 62.2 cm³/mol. The molecule has 0 bridgehead atoms. The van der Waals surface area contributed by atoms with Crippen LogP contribution in [0.3, 0.4) is 0 Å². The predicted octanol–water partition coefficient (Wildman–Crippen LogP) is 1.07. The van der Waals surface area contributed by atoms with Crippen molar-refractivity contribution in [2.75, 3.05) is 39.5 Å². The number of Topliss-reactive ketones (excluding diaryl/α,β-unsaturated/α-hetero) is 1. The molecule has 0 unspecified atom stereocenters. The van der Waals surface area contributed by atoms with E-state index in [9.17, 15) is 4.79 Å². The van der Waals surface area contributed by atoms with Gasteiger partial charge in [-0.05, 0) is 0 Å². The van der Waals surface area contributed by atoms with Gasteiger partial charge >= 0.3 is 0 Å². The van der Waals surface area contributed by atoms with E-state index in [0.29, 0.717) is 12.3 Å². The minimum atomic E-state index is 0.0242. The van der Waals surface area contributed by atoms with Crippen LogP contribution in [0.2, 0.25) is 0 Å². The highest BCUT2D eigenvalue weighted by Crippen LogP contribution is 2.04. The standard InChI is InChI=1S/C12H21NO3/c1-10(2)12(14)9-16-11(3)8-13-4-6-15-7-5-13/h10H,3-9H2,1-2H3. The molecule has 0 atom stereocenters. The van der Waals surface area contributed by atoms with E-state index in [4.69, 9.17) is 9.47 Å². The summed E-state index contributed by atoms with van der Waals surface area (Å²) in [5.41, 5.74) is 0. The second-order valence-corrected chi connectivity index (χ2v) is 4.34. The molecule has 1 heterocycles. The lowest BCUT2D eigenvalue weighted by Crippen LogP contribution is -2.37. The number of carbonyl (C=O) groups is 1. The Labute approximate surface area is 97.2 Å². The zero-order chi connectivity index (χ0) is 12.0. The average molecular weight is 227 g/mol. The van der Waals surface area contributed by atoms with Crippen LogP contribution in [0.4, 0.5) is 0 Å². The Morgan fingerprint density at radius 1 is 1.44 bits per heavy atom. The van der Waals surface area contributed by atoms with Gasteiger partial charge in [0.2, 0.25) is 0 Å². The highest BCUT2D eigenvalue weighted by atomic mass is 16.5. The van der Waals surface area contributed by atoms with Crippen molar-refractivity contribution in [2.45, 2.75) is 13.8 Å². The first-order valence-corrected chi connectivity index (χ1v) is 5.73. The molecule has 1 rings (SSSR count). The lowest BCUT2D eigenvalue weighted by atomic mass is 10.1. The van der Waals surface area contributed by atoms with E-state index in [0.717, 1.165) is 26.3 Å². The van der Waals surface area contributed by atoms with Gasteiger partial charge in [-0.15, -0.1) is 0 Å². The van der Waals surface area contributed by atoms with E-state index in [1.807, 2.05) is 13.8 Å². The van der Waals surface area contributed by atoms with Gasteiger partial charge in [0.25, 0.3) is 0 Å². The Bertz CT molecular complexity index is 245. The number of nitrogens with zero attached hydrogens (tertiary/aromatic N) is 1. The van der Waals surface area contributed by atoms with Gasteiger partial charge in [0.15, 0.2) is 5.78 Å². The molecule has 16 heavy (non-hydrogen) atoms. The quantitative estimate of drug-likeness (QED) is 0.636. The van der Waals surface area contributed by atoms with Gasteiger partial charge in [0.1, 0.15) is 12.4 Å². The second-order valence-electron chi connectivity index (χ2n) is 4.34. The summed E-state index contributed by atoms with van der Waals surface area (Å²) in [6.45, 7) is 11.7. The van der Waals surface area contributed by atoms with Crippen LogP contribution in [0.5, 0.6) is 0 Å². The van der Waals surface area contributed by atoms with Gasteiger partial charge in [-0.1, -0.05) is 20.4 Å². The van der Waals surface area contributed by atoms with Gasteiger partial charge < -0.3 is 9.47 Å². The van der Waals surface area contributed by atoms with Crippen LogP contribution in [-0.4, -0.2) is 50.1 Å². The Morgan fingerprint density at radius 2 is 2.06 bits per heavy atom. The van der Waals surface area contributed by atoms with Crippen molar-refractivity contribution in [2.24, 2.45) is 5.92 Å². The topological polar surface area (TPSA) is 38.8 Å². The molecule has 1 aliphatic heterocycles. The monoisotopic (exact) mass is 227 g/mol. The van der Waals surface area contributed by atoms with Crippen molar-refractivity contribution in [3.05, 3.63) is 12.3 Å². The summed E-state index contributed by atoms with van der Waals surface area (Å²) >= 11 is 0. The third-order valence-corrected chi connectivity index (χ3v) is 2.57. The minimum absolute atomic E-state index is 0.0242. The maximum absolute atomic E-state index is 11.3. The highest BCUT2D eigenvalue weighted by molar-refractivity contribution is 5.81. The first kappa shape index (κ1) is 13.2. The summed E-state index contributed by atoms with van der Waals surface area (Å²) in [5.74, 6) is 0.801. The molecule has 1 fully saturated rings. The third kappa shape index (κ3) is 4.77. The second kappa shape index (κ2) is 6.66. The van der Waals surface area contributed by atoms with Crippen LogP contribution in [0, 0.1) is 5.92 Å². The van der Waals surface area contributed by atoms with Crippen LogP contribution < -0.4 is 0 Å². The van der Waals surface area contributed by atoms with Gasteiger partial charge in [-0.2, -0.15) is 0 Å². The van der Waals surface area contributed by atoms with E-state index < -0.39 is 0 Å². The molecule has 0 aromatic heterocycles. The summed E-state index contributed by atoms with van der Waals surface area (Å²) in [6.07, 6.45) is 0. The fourth-order valence-electron chi connectivity index (χ4n) is 1.39. The number of rotatable bonds is 6. The van der Waals surface area contributed by atoms with Gasteiger partial charge in [-0.3, -0.25) is 9.69 Å². The first-order chi connectivity index (χ1) is 7.59. The average Bonchev–Trinajstić information content (AvgIpc) is 2.27. The van der Waals surface area contributed by atoms with Crippen molar-refractivity contribution in [1.82, 2.24) is 4.90 Å². The van der Waals surface area contributed by atoms with E-state index in [1.54, 1.807) is 0 Å². The summed E-state index contributed by atoms with van der Waals surface area (Å²) in [7, 11) is 0. The highest BCUT2D eigenvalue weighted by Gasteiger charge is 2.13. The largest absolute Gasteiger partial charge is 0.489 e. The van der Waals surface area contributed by atoms with Crippen LogP contribution in [0.1, 0.15) is 13.8 Å². The maximum Gasteiger partial charge on any atom is 0.172 e. The van der Waals surface area contributed by atoms with E-state index in [2.05, 4.69) is 11.5 Å². The lowest BCUT2D eigenvalue weighted by Gasteiger charge is -2.27. The molecule has 4 heteroatoms. The summed E-state index contributed by atoms with van der Waals surface area (Å²) < 4.78 is 10.6. The van der Waals surface area contributed by atoms with Crippen molar-refractivity contribution >= 4 is 5.78 Å². The summed E-state index contributed by atoms with van der Waals surface area (Å²) in [5, 5.41) is 0. The molecule has 0 spiro atoms. The van der Waals surface area contributed by atoms with E-state index in [1.165, 1.54) is 0 Å². The molecule has 1 saturated heterocycles. The minimum Gasteiger partial charge on any atom is -0.489 e. The van der Waals surface area contributed by atoms with Crippen molar-refractivity contribution in [3.63, 3.8) is 0 Å². The van der Waals surface area contributed by atoms with Gasteiger partial charge in [-0.25, -0.2) is 0 Å². The molecule has 0 radical (unpaired) electrons. The van der Waals surface area contributed by atoms with Crippen LogP contribution in [-0.2, 0) is 14.3 Å². The molecular formula is C12H21NO3. The normalized spacial score (nSPS) is 17.4. The van der Waals surface area contributed by atoms with E-state index in [-0.39, 0.29) is 18.3 Å². The van der Waals surface area contributed by atoms with Crippen LogP contribution in [0.25, 0.3) is 0 Å². The molecule has 4 nitrogen and oxygen atoms in total. The maximum atomic E-state index is 11.3. The zero-order valence-corrected chi connectivity index (χ0v) is 10.2. The molecule has 0 aromatic rings.